The van der Waals surface area contributed by atoms with Gasteiger partial charge in [-0.2, -0.15) is 14.5 Å². The number of halogens is 1. The summed E-state index contributed by atoms with van der Waals surface area (Å²) in [6.07, 6.45) is 1.46. The van der Waals surface area contributed by atoms with E-state index in [1.54, 1.807) is 18.2 Å². The molecular weight excluding hydrogens is 411 g/mol. The number of aryl methyl sites for hydroxylation is 2. The largest absolute Gasteiger partial charge is 0.488 e. The molecule has 0 unspecified atom stereocenters. The maximum Gasteiger partial charge on any atom is 0.368 e. The summed E-state index contributed by atoms with van der Waals surface area (Å²) >= 11 is 2.03. The van der Waals surface area contributed by atoms with Crippen LogP contribution in [0.15, 0.2) is 35.2 Å². The summed E-state index contributed by atoms with van der Waals surface area (Å²) in [5.74, 6) is 0.663. The molecule has 0 aliphatic rings. The summed E-state index contributed by atoms with van der Waals surface area (Å²) < 4.78 is 16.4. The molecule has 23 heavy (non-hydrogen) atoms. The highest BCUT2D eigenvalue weighted by molar-refractivity contribution is 14.1. The first-order valence-electron chi connectivity index (χ1n) is 7.17. The van der Waals surface area contributed by atoms with Gasteiger partial charge >= 0.3 is 5.69 Å². The molecule has 118 valence electrons. The molecular formula is C14H13IN6O2. The van der Waals surface area contributed by atoms with E-state index in [1.165, 1.54) is 13.2 Å². The number of hydrogen-bond acceptors (Lipinski definition) is 6. The van der Waals surface area contributed by atoms with Crippen molar-refractivity contribution in [3.8, 4) is 11.4 Å². The lowest BCUT2D eigenvalue weighted by molar-refractivity contribution is 0.301. The Morgan fingerprint density at radius 2 is 2.22 bits per heavy atom. The van der Waals surface area contributed by atoms with Gasteiger partial charge in [0, 0.05) is 7.05 Å². The van der Waals surface area contributed by atoms with Gasteiger partial charge < -0.3 is 4.74 Å². The topological polar surface area (TPSA) is 87.7 Å². The average molecular weight is 426 g/mol. The zero-order valence-electron chi connectivity index (χ0n) is 13.4. The van der Waals surface area contributed by atoms with E-state index >= 15 is 0 Å². The van der Waals surface area contributed by atoms with Gasteiger partial charge in [-0.3, -0.25) is 0 Å². The number of hydrogen-bond donors (Lipinski definition) is 0. The van der Waals surface area contributed by atoms with Crippen molar-refractivity contribution in [2.45, 2.75) is 13.5 Å². The van der Waals surface area contributed by atoms with Gasteiger partial charge in [-0.25, -0.2) is 4.79 Å². The minimum atomic E-state index is -0.380. The second-order valence-electron chi connectivity index (χ2n) is 4.78. The molecule has 0 saturated heterocycles. The van der Waals surface area contributed by atoms with Crippen LogP contribution in [0.3, 0.4) is 0 Å². The van der Waals surface area contributed by atoms with Crippen molar-refractivity contribution < 1.29 is 6.11 Å². The quantitative estimate of drug-likeness (QED) is 0.584. The number of nitrogens with zero attached hydrogens (tertiary/aromatic N) is 6. The van der Waals surface area contributed by atoms with Crippen LogP contribution in [0.25, 0.3) is 5.69 Å². The monoisotopic (exact) mass is 426 g/mol. The molecule has 0 saturated carbocycles. The first-order chi connectivity index (χ1) is 11.5. The average Bonchev–Trinajstić information content (AvgIpc) is 2.87. The number of ether oxygens (including phenoxy) is 1. The molecule has 0 N–H and O–H groups in total. The lowest BCUT2D eigenvalue weighted by Gasteiger charge is -2.12. The number of tetrazole rings is 1. The zero-order chi connectivity index (χ0) is 17.3. The maximum atomic E-state index is 12.1. The third kappa shape index (κ3) is 3.09. The molecule has 0 fully saturated rings. The third-order valence-corrected chi connectivity index (χ3v) is 4.09. The highest BCUT2D eigenvalue weighted by atomic mass is 127. The van der Waals surface area contributed by atoms with Crippen LogP contribution in [0.4, 0.5) is 0 Å². The van der Waals surface area contributed by atoms with E-state index in [4.69, 9.17) is 6.11 Å². The summed E-state index contributed by atoms with van der Waals surface area (Å²) in [4.78, 5) is 12.1. The molecule has 9 heteroatoms. The molecule has 2 heterocycles. The van der Waals surface area contributed by atoms with Gasteiger partial charge in [0.1, 0.15) is 21.7 Å². The van der Waals surface area contributed by atoms with Gasteiger partial charge in [-0.1, -0.05) is 18.2 Å². The van der Waals surface area contributed by atoms with E-state index in [-0.39, 0.29) is 12.3 Å². The zero-order valence-corrected chi connectivity index (χ0v) is 14.6. The normalized spacial score (nSPS) is 11.3. The van der Waals surface area contributed by atoms with Gasteiger partial charge in [0.15, 0.2) is 0 Å². The van der Waals surface area contributed by atoms with Crippen LogP contribution in [0.5, 0.6) is 5.75 Å². The van der Waals surface area contributed by atoms with Crippen LogP contribution in [0, 0.1) is 10.6 Å². The highest BCUT2D eigenvalue weighted by Crippen LogP contribution is 2.21. The second kappa shape index (κ2) is 6.44. The predicted molar refractivity (Wildman–Crippen MR) is 90.4 cm³/mol. The molecule has 8 nitrogen and oxygen atoms in total. The Kier molecular flexibility index (Phi) is 4.01. The molecule has 3 rings (SSSR count). The van der Waals surface area contributed by atoms with Crippen molar-refractivity contribution in [1.82, 2.24) is 30.0 Å². The molecule has 3 aromatic rings. The fourth-order valence-corrected chi connectivity index (χ4v) is 2.53. The minimum absolute atomic E-state index is 0.185. The first kappa shape index (κ1) is 14.3. The Balaban J connectivity index is 1.96. The Hall–Kier alpha value is -2.30. The molecule has 0 radical (unpaired) electrons. The van der Waals surface area contributed by atoms with Gasteiger partial charge in [0.05, 0.1) is 13.1 Å². The van der Waals surface area contributed by atoms with Crippen molar-refractivity contribution in [3.05, 3.63) is 55.8 Å². The Morgan fingerprint density at radius 1 is 1.39 bits per heavy atom. The van der Waals surface area contributed by atoms with Crippen LogP contribution in [-0.2, 0) is 13.7 Å². The summed E-state index contributed by atoms with van der Waals surface area (Å²) in [6.45, 7) is 2.06. The summed E-state index contributed by atoms with van der Waals surface area (Å²) in [7, 11) is 1.52. The Labute approximate surface area is 146 Å². The van der Waals surface area contributed by atoms with Crippen LogP contribution < -0.4 is 10.4 Å². The third-order valence-electron chi connectivity index (χ3n) is 3.23. The van der Waals surface area contributed by atoms with Gasteiger partial charge in [-0.05, 0) is 51.6 Å². The SMILES string of the molecule is [3H]c1ccc(OCc2c(-n3nnn(C)c3=O)cnnc2I)c(C)c1. The Bertz CT molecular complexity index is 955. The van der Waals surface area contributed by atoms with E-state index in [0.717, 1.165) is 14.9 Å². The lowest BCUT2D eigenvalue weighted by atomic mass is 10.2. The smallest absolute Gasteiger partial charge is 0.368 e. The van der Waals surface area contributed by atoms with Gasteiger partial charge in [-0.15, -0.1) is 5.10 Å². The fourth-order valence-electron chi connectivity index (χ4n) is 1.97. The van der Waals surface area contributed by atoms with Crippen LogP contribution in [0.1, 0.15) is 12.5 Å². The van der Waals surface area contributed by atoms with Crippen molar-refractivity contribution in [3.63, 3.8) is 0 Å². The minimum Gasteiger partial charge on any atom is -0.488 e. The van der Waals surface area contributed by atoms with Crippen LogP contribution >= 0.6 is 22.6 Å². The van der Waals surface area contributed by atoms with Crippen LogP contribution in [-0.4, -0.2) is 30.0 Å². The van der Waals surface area contributed by atoms with Gasteiger partial charge in [0.25, 0.3) is 0 Å². The summed E-state index contributed by atoms with van der Waals surface area (Å²) in [5.41, 5.74) is 1.64. The standard InChI is InChI=1S/C14H13IN6O2/c1-9-5-3-4-6-12(9)23-8-10-11(7-16-17-13(10)15)21-14(22)20(2)18-19-21/h3-7H,8H2,1-2H3/i3T. The molecule has 0 amide bonds. The van der Waals surface area contributed by atoms with E-state index in [1.807, 2.05) is 29.5 Å². The highest BCUT2D eigenvalue weighted by Gasteiger charge is 2.16. The van der Waals surface area contributed by atoms with Crippen molar-refractivity contribution >= 4 is 22.6 Å². The maximum absolute atomic E-state index is 12.1. The molecule has 0 atom stereocenters. The van der Waals surface area contributed by atoms with E-state index < -0.39 is 0 Å². The number of para-hydroxylation sites is 1. The number of aromatic nitrogens is 6. The lowest BCUT2D eigenvalue weighted by Crippen LogP contribution is -2.24. The van der Waals surface area contributed by atoms with E-state index in [2.05, 4.69) is 20.6 Å². The molecule has 0 aliphatic heterocycles. The van der Waals surface area contributed by atoms with Crippen LogP contribution in [0.2, 0.25) is 0 Å². The summed E-state index contributed by atoms with van der Waals surface area (Å²) in [5, 5.41) is 15.4. The molecule has 2 aromatic heterocycles. The Morgan fingerprint density at radius 3 is 2.91 bits per heavy atom. The van der Waals surface area contributed by atoms with E-state index in [9.17, 15) is 4.79 Å². The summed E-state index contributed by atoms with van der Waals surface area (Å²) in [6, 6.07) is 5.55. The van der Waals surface area contributed by atoms with Crippen molar-refractivity contribution in [2.75, 3.05) is 0 Å². The molecule has 0 spiro atoms. The predicted octanol–water partition coefficient (Wildman–Crippen LogP) is 1.25. The number of rotatable bonds is 4. The molecule has 0 bridgehead atoms. The van der Waals surface area contributed by atoms with E-state index in [0.29, 0.717) is 26.7 Å². The van der Waals surface area contributed by atoms with Crippen molar-refractivity contribution in [1.29, 1.82) is 0 Å². The fraction of sp³-hybridized carbons (Fsp3) is 0.214. The molecule has 1 aromatic carbocycles. The molecule has 0 aliphatic carbocycles. The first-order valence-corrected chi connectivity index (χ1v) is 7.74. The van der Waals surface area contributed by atoms with Gasteiger partial charge in [0.2, 0.25) is 0 Å². The second-order valence-corrected chi connectivity index (χ2v) is 5.80. The van der Waals surface area contributed by atoms with Crippen molar-refractivity contribution in [2.24, 2.45) is 7.05 Å². The number of benzene rings is 1.